The molecule has 0 radical (unpaired) electrons. The largest absolute Gasteiger partial charge is 0.508 e. The SMILES string of the molecule is CC[C@@H](NC(=O)N1CCCN(C)CC1)c1ccc(O)cc1. The molecular weight excluding hydrogens is 266 g/mol. The molecule has 1 aliphatic rings. The van der Waals surface area contributed by atoms with Crippen molar-refractivity contribution in [2.24, 2.45) is 0 Å². The Bertz CT molecular complexity index is 461. The molecule has 5 nitrogen and oxygen atoms in total. The van der Waals surface area contributed by atoms with Gasteiger partial charge in [0.2, 0.25) is 0 Å². The van der Waals surface area contributed by atoms with Crippen LogP contribution in [0.1, 0.15) is 31.4 Å². The first-order valence-electron chi connectivity index (χ1n) is 7.63. The van der Waals surface area contributed by atoms with E-state index < -0.39 is 0 Å². The summed E-state index contributed by atoms with van der Waals surface area (Å²) in [5, 5.41) is 12.5. The van der Waals surface area contributed by atoms with E-state index in [-0.39, 0.29) is 17.8 Å². The van der Waals surface area contributed by atoms with Crippen LogP contribution in [-0.2, 0) is 0 Å². The number of benzene rings is 1. The summed E-state index contributed by atoms with van der Waals surface area (Å²) in [5.74, 6) is 0.246. The van der Waals surface area contributed by atoms with Gasteiger partial charge in [0.15, 0.2) is 0 Å². The molecule has 5 heteroatoms. The number of phenolic OH excluding ortho intramolecular Hbond substituents is 1. The van der Waals surface area contributed by atoms with Crippen LogP contribution in [0.5, 0.6) is 5.75 Å². The fraction of sp³-hybridized carbons (Fsp3) is 0.562. The first-order chi connectivity index (χ1) is 10.1. The van der Waals surface area contributed by atoms with Crippen molar-refractivity contribution in [2.75, 3.05) is 33.2 Å². The number of carbonyl (C=O) groups is 1. The van der Waals surface area contributed by atoms with Crippen LogP contribution in [0.3, 0.4) is 0 Å². The maximum absolute atomic E-state index is 12.4. The predicted octanol–water partition coefficient (Wildman–Crippen LogP) is 2.19. The normalized spacial score (nSPS) is 18.1. The Kier molecular flexibility index (Phi) is 5.44. The van der Waals surface area contributed by atoms with Crippen molar-refractivity contribution >= 4 is 6.03 Å². The topological polar surface area (TPSA) is 55.8 Å². The smallest absolute Gasteiger partial charge is 0.317 e. The molecule has 0 spiro atoms. The summed E-state index contributed by atoms with van der Waals surface area (Å²) in [7, 11) is 2.09. The Balaban J connectivity index is 1.97. The van der Waals surface area contributed by atoms with Crippen LogP contribution in [-0.4, -0.2) is 54.2 Å². The number of nitrogens with zero attached hydrogens (tertiary/aromatic N) is 2. The zero-order valence-corrected chi connectivity index (χ0v) is 12.9. The minimum atomic E-state index is -0.0147. The molecule has 1 heterocycles. The fourth-order valence-electron chi connectivity index (χ4n) is 2.62. The van der Waals surface area contributed by atoms with Crippen LogP contribution >= 0.6 is 0 Å². The van der Waals surface area contributed by atoms with Gasteiger partial charge in [-0.2, -0.15) is 0 Å². The van der Waals surface area contributed by atoms with E-state index in [1.807, 2.05) is 24.0 Å². The third kappa shape index (κ3) is 4.36. The lowest BCUT2D eigenvalue weighted by Crippen LogP contribution is -2.43. The maximum Gasteiger partial charge on any atom is 0.317 e. The molecule has 1 aromatic carbocycles. The van der Waals surface area contributed by atoms with Gasteiger partial charge in [0.25, 0.3) is 0 Å². The maximum atomic E-state index is 12.4. The van der Waals surface area contributed by atoms with Crippen molar-refractivity contribution in [2.45, 2.75) is 25.8 Å². The summed E-state index contributed by atoms with van der Waals surface area (Å²) < 4.78 is 0. The molecular formula is C16H25N3O2. The second-order valence-corrected chi connectivity index (χ2v) is 5.65. The van der Waals surface area contributed by atoms with Crippen LogP contribution in [0.15, 0.2) is 24.3 Å². The highest BCUT2D eigenvalue weighted by molar-refractivity contribution is 5.74. The lowest BCUT2D eigenvalue weighted by Gasteiger charge is -2.25. The zero-order chi connectivity index (χ0) is 15.2. The zero-order valence-electron chi connectivity index (χ0n) is 12.9. The number of likely N-dealkylation sites (N-methyl/N-ethyl adjacent to an activating group) is 1. The van der Waals surface area contributed by atoms with E-state index in [1.165, 1.54) is 0 Å². The van der Waals surface area contributed by atoms with E-state index in [1.54, 1.807) is 12.1 Å². The predicted molar refractivity (Wildman–Crippen MR) is 83.4 cm³/mol. The second kappa shape index (κ2) is 7.31. The highest BCUT2D eigenvalue weighted by Gasteiger charge is 2.20. The van der Waals surface area contributed by atoms with Crippen molar-refractivity contribution in [3.05, 3.63) is 29.8 Å². The Morgan fingerprint density at radius 1 is 1.24 bits per heavy atom. The monoisotopic (exact) mass is 291 g/mol. The highest BCUT2D eigenvalue weighted by Crippen LogP contribution is 2.20. The van der Waals surface area contributed by atoms with Crippen molar-refractivity contribution in [1.82, 2.24) is 15.1 Å². The van der Waals surface area contributed by atoms with Crippen molar-refractivity contribution in [3.8, 4) is 5.75 Å². The number of nitrogens with one attached hydrogen (secondary N) is 1. The standard InChI is InChI=1S/C16H25N3O2/c1-3-15(13-5-7-14(20)8-6-13)17-16(21)19-10-4-9-18(2)11-12-19/h5-8,15,20H,3-4,9-12H2,1-2H3,(H,17,21)/t15-/m1/s1. The molecule has 0 bridgehead atoms. The minimum absolute atomic E-state index is 0.00484. The molecule has 1 atom stereocenters. The Morgan fingerprint density at radius 3 is 2.62 bits per heavy atom. The summed E-state index contributed by atoms with van der Waals surface area (Å²) in [6.07, 6.45) is 1.84. The van der Waals surface area contributed by atoms with E-state index in [4.69, 9.17) is 0 Å². The molecule has 1 aliphatic heterocycles. The van der Waals surface area contributed by atoms with Crippen molar-refractivity contribution in [3.63, 3.8) is 0 Å². The third-order valence-electron chi connectivity index (χ3n) is 4.01. The molecule has 2 amide bonds. The highest BCUT2D eigenvalue weighted by atomic mass is 16.3. The average molecular weight is 291 g/mol. The molecule has 0 aromatic heterocycles. The Hall–Kier alpha value is -1.75. The quantitative estimate of drug-likeness (QED) is 0.897. The van der Waals surface area contributed by atoms with Gasteiger partial charge in [0.1, 0.15) is 5.75 Å². The van der Waals surface area contributed by atoms with E-state index in [2.05, 4.69) is 17.3 Å². The molecule has 0 unspecified atom stereocenters. The minimum Gasteiger partial charge on any atom is -0.508 e. The molecule has 2 rings (SSSR count). The molecule has 21 heavy (non-hydrogen) atoms. The number of hydrogen-bond acceptors (Lipinski definition) is 3. The van der Waals surface area contributed by atoms with Crippen molar-refractivity contribution in [1.29, 1.82) is 0 Å². The average Bonchev–Trinajstić information content (AvgIpc) is 2.70. The van der Waals surface area contributed by atoms with E-state index >= 15 is 0 Å². The van der Waals surface area contributed by atoms with Crippen LogP contribution in [0.4, 0.5) is 4.79 Å². The van der Waals surface area contributed by atoms with Crippen LogP contribution in [0.2, 0.25) is 0 Å². The summed E-state index contributed by atoms with van der Waals surface area (Å²) in [6.45, 7) is 5.59. The summed E-state index contributed by atoms with van der Waals surface area (Å²) in [5.41, 5.74) is 1.02. The molecule has 2 N–H and O–H groups in total. The fourth-order valence-corrected chi connectivity index (χ4v) is 2.62. The van der Waals surface area contributed by atoms with E-state index in [0.717, 1.165) is 44.6 Å². The number of hydrogen-bond donors (Lipinski definition) is 2. The number of aromatic hydroxyl groups is 1. The third-order valence-corrected chi connectivity index (χ3v) is 4.01. The lowest BCUT2D eigenvalue weighted by molar-refractivity contribution is 0.195. The molecule has 0 aliphatic carbocycles. The van der Waals surface area contributed by atoms with Gasteiger partial charge in [-0.15, -0.1) is 0 Å². The van der Waals surface area contributed by atoms with Gasteiger partial charge < -0.3 is 20.2 Å². The first kappa shape index (κ1) is 15.6. The Morgan fingerprint density at radius 2 is 1.95 bits per heavy atom. The Labute approximate surface area is 126 Å². The number of urea groups is 1. The van der Waals surface area contributed by atoms with Crippen LogP contribution < -0.4 is 5.32 Å². The molecule has 1 aromatic rings. The molecule has 1 fully saturated rings. The van der Waals surface area contributed by atoms with E-state index in [0.29, 0.717) is 0 Å². The van der Waals surface area contributed by atoms with Crippen molar-refractivity contribution < 1.29 is 9.90 Å². The molecule has 1 saturated heterocycles. The van der Waals surface area contributed by atoms with Gasteiger partial charge in [-0.05, 0) is 44.1 Å². The van der Waals surface area contributed by atoms with Gasteiger partial charge in [-0.25, -0.2) is 4.79 Å². The molecule has 0 saturated carbocycles. The summed E-state index contributed by atoms with van der Waals surface area (Å²) in [6, 6.07) is 7.03. The van der Waals surface area contributed by atoms with Gasteiger partial charge in [-0.1, -0.05) is 19.1 Å². The van der Waals surface area contributed by atoms with Gasteiger partial charge in [0, 0.05) is 19.6 Å². The van der Waals surface area contributed by atoms with Crippen LogP contribution in [0.25, 0.3) is 0 Å². The number of rotatable bonds is 3. The number of phenols is 1. The summed E-state index contributed by atoms with van der Waals surface area (Å²) in [4.78, 5) is 16.6. The van der Waals surface area contributed by atoms with Gasteiger partial charge >= 0.3 is 6.03 Å². The van der Waals surface area contributed by atoms with E-state index in [9.17, 15) is 9.90 Å². The molecule has 116 valence electrons. The van der Waals surface area contributed by atoms with Gasteiger partial charge in [-0.3, -0.25) is 0 Å². The second-order valence-electron chi connectivity index (χ2n) is 5.65. The number of amides is 2. The number of carbonyl (C=O) groups excluding carboxylic acids is 1. The lowest BCUT2D eigenvalue weighted by atomic mass is 10.0. The van der Waals surface area contributed by atoms with Gasteiger partial charge in [0.05, 0.1) is 6.04 Å². The first-order valence-corrected chi connectivity index (χ1v) is 7.63. The van der Waals surface area contributed by atoms with Crippen LogP contribution in [0, 0.1) is 0 Å². The summed E-state index contributed by atoms with van der Waals surface area (Å²) >= 11 is 0.